The lowest BCUT2D eigenvalue weighted by molar-refractivity contribution is -0.212. The smallest absolute Gasteiger partial charge is 0.416 e. The number of carbonyl (C=O) groups is 2. The van der Waals surface area contributed by atoms with Crippen LogP contribution in [0, 0.1) is 5.92 Å². The summed E-state index contributed by atoms with van der Waals surface area (Å²) in [6.07, 6.45) is -6.38. The lowest BCUT2D eigenvalue weighted by Crippen LogP contribution is -2.57. The van der Waals surface area contributed by atoms with E-state index in [0.29, 0.717) is 28.3 Å². The Morgan fingerprint density at radius 3 is 2.27 bits per heavy atom. The van der Waals surface area contributed by atoms with Crippen LogP contribution in [0.25, 0.3) is 5.70 Å². The van der Waals surface area contributed by atoms with E-state index >= 15 is 0 Å². The van der Waals surface area contributed by atoms with Crippen LogP contribution < -0.4 is 14.8 Å². The molecule has 0 spiro atoms. The molecule has 1 heterocycles. The van der Waals surface area contributed by atoms with Crippen molar-refractivity contribution in [3.05, 3.63) is 65.9 Å². The lowest BCUT2D eigenvalue weighted by Gasteiger charge is -2.42. The van der Waals surface area contributed by atoms with Crippen molar-refractivity contribution in [2.75, 3.05) is 34.6 Å². The van der Waals surface area contributed by atoms with E-state index in [9.17, 15) is 27.9 Å². The third-order valence-electron chi connectivity index (χ3n) is 6.71. The number of aliphatic hydroxyl groups is 1. The quantitative estimate of drug-likeness (QED) is 0.398. The molecule has 41 heavy (non-hydrogen) atoms. The predicted octanol–water partition coefficient (Wildman–Crippen LogP) is 3.43. The van der Waals surface area contributed by atoms with Gasteiger partial charge in [-0.05, 0) is 36.1 Å². The van der Waals surface area contributed by atoms with Crippen LogP contribution in [0.15, 0.2) is 54.7 Å². The number of alkyl halides is 3. The Balaban J connectivity index is 1.99. The number of aliphatic hydroxyl groups excluding tert-OH is 1. The van der Waals surface area contributed by atoms with Gasteiger partial charge < -0.3 is 29.5 Å². The number of benzene rings is 2. The number of nitrogens with one attached hydrogen (secondary N) is 1. The van der Waals surface area contributed by atoms with Crippen LogP contribution in [-0.2, 0) is 20.7 Å². The first kappa shape index (κ1) is 31.8. The molecule has 1 aliphatic rings. The maximum absolute atomic E-state index is 13.8. The van der Waals surface area contributed by atoms with Crippen molar-refractivity contribution in [1.29, 1.82) is 0 Å². The van der Waals surface area contributed by atoms with E-state index in [-0.39, 0.29) is 19.1 Å². The number of amides is 2. The standard InChI is InChI=1S/C29H36F3N3O6/c1-18(2)26-28(38)35(22(15-34(26)17-39-3)20-11-12-23(40-4)24(14-20)41-5)16-25(36)33-21(27(37)29(30,31)32)13-19-9-7-6-8-10-19/h6-12,14-15,18,21,26-27,37H,13,16-17H2,1-5H3,(H,33,36). The monoisotopic (exact) mass is 579 g/mol. The number of rotatable bonds is 12. The van der Waals surface area contributed by atoms with Gasteiger partial charge >= 0.3 is 6.18 Å². The predicted molar refractivity (Wildman–Crippen MR) is 146 cm³/mol. The second-order valence-corrected chi connectivity index (χ2v) is 9.98. The average molecular weight is 580 g/mol. The zero-order valence-electron chi connectivity index (χ0n) is 23.6. The summed E-state index contributed by atoms with van der Waals surface area (Å²) >= 11 is 0. The molecule has 2 aromatic rings. The Morgan fingerprint density at radius 1 is 1.05 bits per heavy atom. The van der Waals surface area contributed by atoms with Gasteiger partial charge in [-0.1, -0.05) is 44.2 Å². The molecule has 12 heteroatoms. The Morgan fingerprint density at radius 2 is 1.71 bits per heavy atom. The fraction of sp³-hybridized carbons (Fsp3) is 0.448. The van der Waals surface area contributed by atoms with Gasteiger partial charge in [-0.15, -0.1) is 0 Å². The summed E-state index contributed by atoms with van der Waals surface area (Å²) in [6, 6.07) is 10.8. The van der Waals surface area contributed by atoms with Crippen LogP contribution in [0.1, 0.15) is 25.0 Å². The van der Waals surface area contributed by atoms with Gasteiger partial charge in [0, 0.05) is 18.9 Å². The molecular weight excluding hydrogens is 543 g/mol. The van der Waals surface area contributed by atoms with Crippen LogP contribution in [0.3, 0.4) is 0 Å². The summed E-state index contributed by atoms with van der Waals surface area (Å²) < 4.78 is 56.6. The zero-order valence-corrected chi connectivity index (χ0v) is 23.6. The number of carbonyl (C=O) groups excluding carboxylic acids is 2. The summed E-state index contributed by atoms with van der Waals surface area (Å²) in [4.78, 5) is 30.1. The van der Waals surface area contributed by atoms with Crippen LogP contribution in [0.5, 0.6) is 11.5 Å². The maximum atomic E-state index is 13.8. The topological polar surface area (TPSA) is 101 Å². The summed E-state index contributed by atoms with van der Waals surface area (Å²) in [5.74, 6) is -0.665. The molecule has 0 bridgehead atoms. The molecule has 0 saturated carbocycles. The molecule has 9 nitrogen and oxygen atoms in total. The summed E-state index contributed by atoms with van der Waals surface area (Å²) in [7, 11) is 4.43. The van der Waals surface area contributed by atoms with Crippen molar-refractivity contribution in [1.82, 2.24) is 15.1 Å². The minimum absolute atomic E-state index is 0.0857. The largest absolute Gasteiger partial charge is 0.493 e. The van der Waals surface area contributed by atoms with Crippen LogP contribution >= 0.6 is 0 Å². The van der Waals surface area contributed by atoms with E-state index in [0.717, 1.165) is 0 Å². The molecule has 0 radical (unpaired) electrons. The van der Waals surface area contributed by atoms with Gasteiger partial charge in [0.1, 0.15) is 19.3 Å². The van der Waals surface area contributed by atoms with Crippen molar-refractivity contribution in [3.8, 4) is 11.5 Å². The highest BCUT2D eigenvalue weighted by molar-refractivity contribution is 5.96. The van der Waals surface area contributed by atoms with Gasteiger partial charge in [-0.25, -0.2) is 0 Å². The molecule has 0 aromatic heterocycles. The van der Waals surface area contributed by atoms with Gasteiger partial charge in [0.25, 0.3) is 5.91 Å². The van der Waals surface area contributed by atoms with Gasteiger partial charge in [0.2, 0.25) is 5.91 Å². The summed E-state index contributed by atoms with van der Waals surface area (Å²) in [6.45, 7) is 3.18. The maximum Gasteiger partial charge on any atom is 0.416 e. The van der Waals surface area contributed by atoms with Crippen LogP contribution in [-0.4, -0.2) is 85.7 Å². The fourth-order valence-corrected chi connectivity index (χ4v) is 4.78. The lowest BCUT2D eigenvalue weighted by atomic mass is 9.97. The highest BCUT2D eigenvalue weighted by Gasteiger charge is 2.45. The third kappa shape index (κ3) is 7.70. The van der Waals surface area contributed by atoms with E-state index in [2.05, 4.69) is 5.32 Å². The molecule has 0 fully saturated rings. The molecule has 3 unspecified atom stereocenters. The summed E-state index contributed by atoms with van der Waals surface area (Å²) in [5, 5.41) is 12.4. The average Bonchev–Trinajstić information content (AvgIpc) is 2.93. The normalized spacial score (nSPS) is 17.3. The first-order chi connectivity index (χ1) is 19.4. The minimum atomic E-state index is -4.97. The molecule has 2 N–H and O–H groups in total. The van der Waals surface area contributed by atoms with Gasteiger partial charge in [-0.2, -0.15) is 13.2 Å². The van der Waals surface area contributed by atoms with E-state index in [1.54, 1.807) is 59.6 Å². The highest BCUT2D eigenvalue weighted by atomic mass is 19.4. The third-order valence-corrected chi connectivity index (χ3v) is 6.71. The van der Waals surface area contributed by atoms with E-state index < -0.39 is 42.7 Å². The SMILES string of the molecule is COCN1C=C(c2ccc(OC)c(OC)c2)N(CC(=O)NC(Cc2ccccc2)C(O)C(F)(F)F)C(=O)C1C(C)C. The van der Waals surface area contributed by atoms with E-state index in [4.69, 9.17) is 14.2 Å². The van der Waals surface area contributed by atoms with Crippen molar-refractivity contribution < 1.29 is 42.1 Å². The number of methoxy groups -OCH3 is 3. The molecule has 2 aromatic carbocycles. The second-order valence-electron chi connectivity index (χ2n) is 9.98. The number of hydrogen-bond donors (Lipinski definition) is 2. The minimum Gasteiger partial charge on any atom is -0.493 e. The van der Waals surface area contributed by atoms with Crippen molar-refractivity contribution in [3.63, 3.8) is 0 Å². The number of nitrogens with zero attached hydrogens (tertiary/aromatic N) is 2. The number of hydrogen-bond acceptors (Lipinski definition) is 7. The van der Waals surface area contributed by atoms with Gasteiger partial charge in [0.15, 0.2) is 17.6 Å². The zero-order chi connectivity index (χ0) is 30.3. The summed E-state index contributed by atoms with van der Waals surface area (Å²) in [5.41, 5.74) is 1.32. The van der Waals surface area contributed by atoms with Crippen molar-refractivity contribution in [2.45, 2.75) is 44.6 Å². The molecule has 0 aliphatic carbocycles. The first-order valence-electron chi connectivity index (χ1n) is 13.0. The first-order valence-corrected chi connectivity index (χ1v) is 13.0. The van der Waals surface area contributed by atoms with Crippen molar-refractivity contribution >= 4 is 17.5 Å². The van der Waals surface area contributed by atoms with E-state index in [1.165, 1.54) is 26.2 Å². The number of ether oxygens (including phenoxy) is 3. The highest BCUT2D eigenvalue weighted by Crippen LogP contribution is 2.35. The van der Waals surface area contributed by atoms with Crippen LogP contribution in [0.4, 0.5) is 13.2 Å². The Labute approximate surface area is 237 Å². The molecular formula is C29H36F3N3O6. The Hall–Kier alpha value is -3.77. The fourth-order valence-electron chi connectivity index (χ4n) is 4.78. The van der Waals surface area contributed by atoms with Gasteiger partial charge in [-0.3, -0.25) is 14.5 Å². The van der Waals surface area contributed by atoms with Gasteiger partial charge in [0.05, 0.1) is 26.0 Å². The molecule has 1 aliphatic heterocycles. The van der Waals surface area contributed by atoms with E-state index in [1.807, 2.05) is 13.8 Å². The molecule has 224 valence electrons. The molecule has 0 saturated heterocycles. The second kappa shape index (κ2) is 13.7. The Bertz CT molecular complexity index is 1220. The molecule has 2 amide bonds. The Kier molecular flexibility index (Phi) is 10.6. The van der Waals surface area contributed by atoms with Crippen molar-refractivity contribution in [2.24, 2.45) is 5.92 Å². The number of halogens is 3. The molecule has 3 rings (SSSR count). The molecule has 3 atom stereocenters. The van der Waals surface area contributed by atoms with Crippen LogP contribution in [0.2, 0.25) is 0 Å².